The minimum atomic E-state index is -0.0209. The molecule has 4 saturated carbocycles. The highest BCUT2D eigenvalue weighted by Crippen LogP contribution is 2.61. The summed E-state index contributed by atoms with van der Waals surface area (Å²) in [6, 6.07) is 3.66. The lowest BCUT2D eigenvalue weighted by Crippen LogP contribution is -2.55. The van der Waals surface area contributed by atoms with E-state index in [1.165, 1.54) is 38.5 Å². The maximum absolute atomic E-state index is 12.5. The summed E-state index contributed by atoms with van der Waals surface area (Å²) in [6.07, 6.45) is 9.77. The van der Waals surface area contributed by atoms with Gasteiger partial charge < -0.3 is 5.32 Å². The molecule has 0 saturated heterocycles. The monoisotopic (exact) mass is 318 g/mol. The molecule has 3 nitrogen and oxygen atoms in total. The molecule has 1 unspecified atom stereocenters. The van der Waals surface area contributed by atoms with Crippen molar-refractivity contribution in [3.63, 3.8) is 0 Å². The second-order valence-electron chi connectivity index (χ2n) is 7.84. The number of rotatable bonds is 3. The lowest BCUT2D eigenvalue weighted by atomic mass is 9.48. The quantitative estimate of drug-likeness (QED) is 0.854. The molecule has 1 amide bonds. The normalized spacial score (nSPS) is 37.1. The molecule has 1 atom stereocenters. The number of pyridine rings is 1. The van der Waals surface area contributed by atoms with Gasteiger partial charge in [-0.25, -0.2) is 4.98 Å². The Morgan fingerprint density at radius 3 is 2.32 bits per heavy atom. The number of halogens is 1. The molecule has 118 valence electrons. The second kappa shape index (κ2) is 5.23. The molecule has 4 aliphatic rings. The van der Waals surface area contributed by atoms with Gasteiger partial charge in [0.15, 0.2) is 0 Å². The van der Waals surface area contributed by atoms with E-state index in [9.17, 15) is 4.79 Å². The molecular formula is C18H23ClN2O. The van der Waals surface area contributed by atoms with E-state index in [4.69, 9.17) is 11.6 Å². The van der Waals surface area contributed by atoms with Crippen molar-refractivity contribution in [2.45, 2.75) is 51.5 Å². The Kier molecular flexibility index (Phi) is 3.44. The van der Waals surface area contributed by atoms with Crippen LogP contribution in [0.5, 0.6) is 0 Å². The molecule has 1 aromatic rings. The summed E-state index contributed by atoms with van der Waals surface area (Å²) >= 11 is 5.79. The number of aromatic nitrogens is 1. The first-order valence-corrected chi connectivity index (χ1v) is 8.84. The summed E-state index contributed by atoms with van der Waals surface area (Å²) in [5, 5.41) is 3.67. The first-order valence-electron chi connectivity index (χ1n) is 8.46. The summed E-state index contributed by atoms with van der Waals surface area (Å²) in [7, 11) is 0. The van der Waals surface area contributed by atoms with Crippen molar-refractivity contribution in [2.75, 3.05) is 0 Å². The van der Waals surface area contributed by atoms with Crippen molar-refractivity contribution in [2.24, 2.45) is 23.2 Å². The van der Waals surface area contributed by atoms with Gasteiger partial charge >= 0.3 is 0 Å². The average Bonchev–Trinajstić information content (AvgIpc) is 2.46. The van der Waals surface area contributed by atoms with Crippen LogP contribution >= 0.6 is 11.6 Å². The Labute approximate surface area is 136 Å². The third-order valence-corrected chi connectivity index (χ3v) is 6.56. The Morgan fingerprint density at radius 2 is 1.82 bits per heavy atom. The van der Waals surface area contributed by atoms with Gasteiger partial charge in [0.25, 0.3) is 5.91 Å². The minimum Gasteiger partial charge on any atom is -0.349 e. The van der Waals surface area contributed by atoms with Crippen molar-refractivity contribution >= 4 is 17.5 Å². The molecule has 1 N–H and O–H groups in total. The van der Waals surface area contributed by atoms with Crippen LogP contribution in [-0.2, 0) is 0 Å². The number of nitrogens with zero attached hydrogens (tertiary/aromatic N) is 1. The van der Waals surface area contributed by atoms with Gasteiger partial charge in [0.05, 0.1) is 5.56 Å². The fourth-order valence-corrected chi connectivity index (χ4v) is 5.76. The fourth-order valence-electron chi connectivity index (χ4n) is 5.65. The van der Waals surface area contributed by atoms with Gasteiger partial charge in [-0.15, -0.1) is 0 Å². The van der Waals surface area contributed by atoms with Gasteiger partial charge in [0, 0.05) is 12.2 Å². The standard InChI is InChI=1S/C18H23ClN2O/c1-11(21-17(22)15-2-3-16(19)20-10-15)18-7-12-4-13(8-18)6-14(5-12)9-18/h2-3,10-14H,4-9H2,1H3,(H,21,22). The molecule has 22 heavy (non-hydrogen) atoms. The molecular weight excluding hydrogens is 296 g/mol. The number of hydrogen-bond donors (Lipinski definition) is 1. The Bertz CT molecular complexity index is 548. The number of carbonyl (C=O) groups excluding carboxylic acids is 1. The summed E-state index contributed by atoms with van der Waals surface area (Å²) in [4.78, 5) is 16.5. The van der Waals surface area contributed by atoms with Crippen molar-refractivity contribution in [3.8, 4) is 0 Å². The summed E-state index contributed by atoms with van der Waals surface area (Å²) in [5.41, 5.74) is 0.936. The lowest BCUT2D eigenvalue weighted by molar-refractivity contribution is -0.0688. The van der Waals surface area contributed by atoms with Crippen LogP contribution in [-0.4, -0.2) is 16.9 Å². The van der Waals surface area contributed by atoms with Crippen molar-refractivity contribution in [1.29, 1.82) is 0 Å². The van der Waals surface area contributed by atoms with Crippen LogP contribution in [0.2, 0.25) is 5.15 Å². The molecule has 0 aliphatic heterocycles. The van der Waals surface area contributed by atoms with E-state index < -0.39 is 0 Å². The van der Waals surface area contributed by atoms with E-state index >= 15 is 0 Å². The van der Waals surface area contributed by atoms with E-state index in [-0.39, 0.29) is 11.9 Å². The number of hydrogen-bond acceptors (Lipinski definition) is 2. The van der Waals surface area contributed by atoms with Crippen molar-refractivity contribution < 1.29 is 4.79 Å². The molecule has 1 aromatic heterocycles. The van der Waals surface area contributed by atoms with Crippen LogP contribution in [0, 0.1) is 23.2 Å². The van der Waals surface area contributed by atoms with Crippen LogP contribution in [0.3, 0.4) is 0 Å². The largest absolute Gasteiger partial charge is 0.349 e. The molecule has 4 bridgehead atoms. The van der Waals surface area contributed by atoms with Crippen LogP contribution in [0.15, 0.2) is 18.3 Å². The van der Waals surface area contributed by atoms with Gasteiger partial charge in [-0.2, -0.15) is 0 Å². The second-order valence-corrected chi connectivity index (χ2v) is 8.23. The van der Waals surface area contributed by atoms with E-state index in [0.717, 1.165) is 17.8 Å². The Balaban J connectivity index is 1.49. The predicted molar refractivity (Wildman–Crippen MR) is 86.8 cm³/mol. The Hall–Kier alpha value is -1.09. The zero-order valence-corrected chi connectivity index (χ0v) is 13.8. The van der Waals surface area contributed by atoms with E-state index in [1.807, 2.05) is 0 Å². The highest BCUT2D eigenvalue weighted by Gasteiger charge is 2.53. The molecule has 4 heteroatoms. The van der Waals surface area contributed by atoms with E-state index in [2.05, 4.69) is 17.2 Å². The van der Waals surface area contributed by atoms with E-state index in [1.54, 1.807) is 18.3 Å². The lowest BCUT2D eigenvalue weighted by Gasteiger charge is -2.59. The zero-order valence-electron chi connectivity index (χ0n) is 13.0. The molecule has 0 aromatic carbocycles. The van der Waals surface area contributed by atoms with Crippen LogP contribution in [0.25, 0.3) is 0 Å². The molecule has 1 heterocycles. The summed E-state index contributed by atoms with van der Waals surface area (Å²) < 4.78 is 0. The molecule has 5 rings (SSSR count). The van der Waals surface area contributed by atoms with Crippen molar-refractivity contribution in [1.82, 2.24) is 10.3 Å². The first kappa shape index (κ1) is 14.5. The minimum absolute atomic E-state index is 0.0209. The molecule has 4 aliphatic carbocycles. The SMILES string of the molecule is CC(NC(=O)c1ccc(Cl)nc1)C12CC3CC(CC(C3)C1)C2. The predicted octanol–water partition coefficient (Wildman–Crippen LogP) is 4.07. The third kappa shape index (κ3) is 2.44. The fraction of sp³-hybridized carbons (Fsp3) is 0.667. The number of carbonyl (C=O) groups is 1. The van der Waals surface area contributed by atoms with Gasteiger partial charge in [0.2, 0.25) is 0 Å². The third-order valence-electron chi connectivity index (χ3n) is 6.34. The first-order chi connectivity index (χ1) is 10.5. The van der Waals surface area contributed by atoms with Crippen LogP contribution < -0.4 is 5.32 Å². The summed E-state index contributed by atoms with van der Waals surface area (Å²) in [6.45, 7) is 2.20. The van der Waals surface area contributed by atoms with Crippen molar-refractivity contribution in [3.05, 3.63) is 29.0 Å². The molecule has 0 radical (unpaired) electrons. The zero-order chi connectivity index (χ0) is 15.3. The highest BCUT2D eigenvalue weighted by atomic mass is 35.5. The van der Waals surface area contributed by atoms with Crippen LogP contribution in [0.1, 0.15) is 55.8 Å². The van der Waals surface area contributed by atoms with Crippen LogP contribution in [0.4, 0.5) is 0 Å². The van der Waals surface area contributed by atoms with Gasteiger partial charge in [-0.1, -0.05) is 11.6 Å². The van der Waals surface area contributed by atoms with Gasteiger partial charge in [-0.05, 0) is 80.8 Å². The number of nitrogens with one attached hydrogen (secondary N) is 1. The highest BCUT2D eigenvalue weighted by molar-refractivity contribution is 6.29. The maximum atomic E-state index is 12.5. The molecule has 0 spiro atoms. The number of amides is 1. The Morgan fingerprint density at radius 1 is 1.23 bits per heavy atom. The topological polar surface area (TPSA) is 42.0 Å². The van der Waals surface area contributed by atoms with Gasteiger partial charge in [0.1, 0.15) is 5.15 Å². The molecule has 4 fully saturated rings. The van der Waals surface area contributed by atoms with Gasteiger partial charge in [-0.3, -0.25) is 4.79 Å². The summed E-state index contributed by atoms with van der Waals surface area (Å²) in [5.74, 6) is 2.70. The van der Waals surface area contributed by atoms with E-state index in [0.29, 0.717) is 16.1 Å². The average molecular weight is 319 g/mol. The maximum Gasteiger partial charge on any atom is 0.253 e. The smallest absolute Gasteiger partial charge is 0.253 e.